The fourth-order valence-corrected chi connectivity index (χ4v) is 4.07. The number of amides is 3. The Hall–Kier alpha value is -2.95. The summed E-state index contributed by atoms with van der Waals surface area (Å²) in [5.41, 5.74) is 3.39. The van der Waals surface area contributed by atoms with Gasteiger partial charge in [0.15, 0.2) is 0 Å². The summed E-state index contributed by atoms with van der Waals surface area (Å²) in [6, 6.07) is 0.858. The van der Waals surface area contributed by atoms with Crippen molar-refractivity contribution in [2.75, 3.05) is 23.3 Å². The molecule has 3 amide bonds. The third kappa shape index (κ3) is 6.31. The predicted molar refractivity (Wildman–Crippen MR) is 121 cm³/mol. The molecule has 1 atom stereocenters. The van der Waals surface area contributed by atoms with Gasteiger partial charge in [-0.2, -0.15) is 0 Å². The van der Waals surface area contributed by atoms with Gasteiger partial charge in [0.1, 0.15) is 11.4 Å². The van der Waals surface area contributed by atoms with E-state index in [4.69, 9.17) is 21.4 Å². The number of rotatable bonds is 5. The molecule has 182 valence electrons. The number of halogens is 2. The van der Waals surface area contributed by atoms with Crippen LogP contribution in [0.3, 0.4) is 0 Å². The number of nitrogens with zero attached hydrogens (tertiary/aromatic N) is 1. The maximum absolute atomic E-state index is 15.2. The molecule has 1 aromatic rings. The number of alkyl carbamates (subject to hydrolysis) is 1. The Bertz CT molecular complexity index is 935. The number of benzene rings is 1. The molecule has 1 aromatic carbocycles. The molecular formula is C21H29ClFN5O5. The highest BCUT2D eigenvalue weighted by atomic mass is 35.5. The van der Waals surface area contributed by atoms with E-state index in [2.05, 4.69) is 10.6 Å². The summed E-state index contributed by atoms with van der Waals surface area (Å²) in [4.78, 5) is 37.0. The Balaban J connectivity index is 1.82. The Morgan fingerprint density at radius 3 is 2.45 bits per heavy atom. The van der Waals surface area contributed by atoms with E-state index in [0.29, 0.717) is 19.5 Å². The topological polar surface area (TPSA) is 132 Å². The standard InChI is InChI=1S/C21H29ClFN5O5/c1-21(2,3)33-20(32)25-12-7-8-28(10-12)17-14(23)9-13(18(29)26-27-19(30)31)16(15(17)22)24-11-5-4-6-11/h9,11-12,24,27H,4-8,10H2,1-3H3,(H,25,32)(H,26,29)(H,30,31). The maximum atomic E-state index is 15.2. The zero-order chi connectivity index (χ0) is 24.3. The van der Waals surface area contributed by atoms with Crippen LogP contribution in [0.2, 0.25) is 5.02 Å². The zero-order valence-corrected chi connectivity index (χ0v) is 19.5. The third-order valence-electron chi connectivity index (χ3n) is 5.40. The Kier molecular flexibility index (Phi) is 7.41. The predicted octanol–water partition coefficient (Wildman–Crippen LogP) is 3.46. The van der Waals surface area contributed by atoms with Gasteiger partial charge in [-0.1, -0.05) is 11.6 Å². The molecule has 1 heterocycles. The Labute approximate surface area is 196 Å². The molecule has 12 heteroatoms. The van der Waals surface area contributed by atoms with E-state index < -0.39 is 29.5 Å². The molecule has 1 aliphatic heterocycles. The lowest BCUT2D eigenvalue weighted by atomic mass is 9.92. The van der Waals surface area contributed by atoms with E-state index >= 15 is 4.39 Å². The molecule has 1 unspecified atom stereocenters. The third-order valence-corrected chi connectivity index (χ3v) is 5.77. The average Bonchev–Trinajstić information content (AvgIpc) is 3.09. The highest BCUT2D eigenvalue weighted by Crippen LogP contribution is 2.41. The van der Waals surface area contributed by atoms with Crippen molar-refractivity contribution < 1.29 is 28.6 Å². The van der Waals surface area contributed by atoms with Gasteiger partial charge in [0, 0.05) is 19.1 Å². The summed E-state index contributed by atoms with van der Waals surface area (Å²) in [6.45, 7) is 6.05. The number of anilines is 2. The molecule has 3 rings (SSSR count). The van der Waals surface area contributed by atoms with Gasteiger partial charge in [-0.05, 0) is 52.5 Å². The van der Waals surface area contributed by atoms with Crippen molar-refractivity contribution >= 4 is 41.1 Å². The highest BCUT2D eigenvalue weighted by Gasteiger charge is 2.32. The number of carbonyl (C=O) groups excluding carboxylic acids is 2. The number of nitrogens with one attached hydrogen (secondary N) is 4. The second kappa shape index (κ2) is 9.90. The van der Waals surface area contributed by atoms with Crippen LogP contribution < -0.4 is 26.4 Å². The van der Waals surface area contributed by atoms with Crippen molar-refractivity contribution in [3.63, 3.8) is 0 Å². The molecule has 1 saturated carbocycles. The first-order valence-corrected chi connectivity index (χ1v) is 11.1. The Morgan fingerprint density at radius 1 is 1.18 bits per heavy atom. The second-order valence-electron chi connectivity index (χ2n) is 9.18. The minimum Gasteiger partial charge on any atom is -0.464 e. The molecule has 0 bridgehead atoms. The molecule has 0 radical (unpaired) electrons. The van der Waals surface area contributed by atoms with Crippen LogP contribution in [-0.4, -0.2) is 54.0 Å². The zero-order valence-electron chi connectivity index (χ0n) is 18.8. The van der Waals surface area contributed by atoms with Crippen LogP contribution in [0.25, 0.3) is 0 Å². The fourth-order valence-electron chi connectivity index (χ4n) is 3.71. The lowest BCUT2D eigenvalue weighted by Gasteiger charge is -2.30. The van der Waals surface area contributed by atoms with Crippen molar-refractivity contribution in [3.05, 3.63) is 22.5 Å². The number of carbonyl (C=O) groups is 3. The lowest BCUT2D eigenvalue weighted by molar-refractivity contribution is 0.0508. The van der Waals surface area contributed by atoms with E-state index in [9.17, 15) is 14.4 Å². The van der Waals surface area contributed by atoms with Gasteiger partial charge in [0.25, 0.3) is 5.91 Å². The number of hydrogen-bond donors (Lipinski definition) is 5. The van der Waals surface area contributed by atoms with Crippen LogP contribution in [0.15, 0.2) is 6.07 Å². The molecule has 0 spiro atoms. The monoisotopic (exact) mass is 485 g/mol. The van der Waals surface area contributed by atoms with Gasteiger partial charge in [0.05, 0.1) is 28.0 Å². The van der Waals surface area contributed by atoms with Crippen LogP contribution in [-0.2, 0) is 4.74 Å². The van der Waals surface area contributed by atoms with Crippen molar-refractivity contribution in [2.45, 2.75) is 64.1 Å². The van der Waals surface area contributed by atoms with E-state index in [-0.39, 0.29) is 34.0 Å². The van der Waals surface area contributed by atoms with Crippen molar-refractivity contribution in [1.82, 2.24) is 16.2 Å². The minimum absolute atomic E-state index is 0.0280. The summed E-state index contributed by atoms with van der Waals surface area (Å²) < 4.78 is 20.4. The number of carboxylic acid groups (broad SMARTS) is 1. The minimum atomic E-state index is -1.46. The highest BCUT2D eigenvalue weighted by molar-refractivity contribution is 6.37. The van der Waals surface area contributed by atoms with Crippen LogP contribution >= 0.6 is 11.6 Å². The summed E-state index contributed by atoms with van der Waals surface area (Å²) in [6.07, 6.45) is 1.33. The van der Waals surface area contributed by atoms with Crippen LogP contribution in [0.4, 0.5) is 25.4 Å². The summed E-state index contributed by atoms with van der Waals surface area (Å²) in [7, 11) is 0. The first-order chi connectivity index (χ1) is 15.4. The summed E-state index contributed by atoms with van der Waals surface area (Å²) >= 11 is 6.60. The van der Waals surface area contributed by atoms with E-state index in [1.807, 2.05) is 5.43 Å². The van der Waals surface area contributed by atoms with Crippen LogP contribution in [0.5, 0.6) is 0 Å². The van der Waals surface area contributed by atoms with E-state index in [0.717, 1.165) is 25.3 Å². The van der Waals surface area contributed by atoms with Crippen LogP contribution in [0, 0.1) is 5.82 Å². The summed E-state index contributed by atoms with van der Waals surface area (Å²) in [5.74, 6) is -1.56. The van der Waals surface area contributed by atoms with Gasteiger partial charge >= 0.3 is 12.2 Å². The van der Waals surface area contributed by atoms with Crippen LogP contribution in [0.1, 0.15) is 56.8 Å². The molecule has 2 aliphatic rings. The van der Waals surface area contributed by atoms with Crippen molar-refractivity contribution in [2.24, 2.45) is 0 Å². The van der Waals surface area contributed by atoms with Gasteiger partial charge in [-0.3, -0.25) is 10.2 Å². The number of hydrogen-bond acceptors (Lipinski definition) is 6. The van der Waals surface area contributed by atoms with Gasteiger partial charge in [-0.25, -0.2) is 19.4 Å². The lowest BCUT2D eigenvalue weighted by Crippen LogP contribution is -2.41. The van der Waals surface area contributed by atoms with Gasteiger partial charge in [-0.15, -0.1) is 0 Å². The average molecular weight is 486 g/mol. The van der Waals surface area contributed by atoms with Gasteiger partial charge < -0.3 is 25.4 Å². The molecular weight excluding hydrogens is 457 g/mol. The fraction of sp³-hybridized carbons (Fsp3) is 0.571. The smallest absolute Gasteiger partial charge is 0.423 e. The second-order valence-corrected chi connectivity index (χ2v) is 9.56. The van der Waals surface area contributed by atoms with Crippen molar-refractivity contribution in [1.29, 1.82) is 0 Å². The van der Waals surface area contributed by atoms with E-state index in [1.54, 1.807) is 31.1 Å². The molecule has 5 N–H and O–H groups in total. The Morgan fingerprint density at radius 2 is 1.88 bits per heavy atom. The molecule has 0 aromatic heterocycles. The molecule has 1 saturated heterocycles. The molecule has 10 nitrogen and oxygen atoms in total. The SMILES string of the molecule is CC(C)(C)OC(=O)NC1CCN(c2c(F)cc(C(=O)NNC(=O)O)c(NC3CCC3)c2Cl)C1. The first-order valence-electron chi connectivity index (χ1n) is 10.8. The molecule has 33 heavy (non-hydrogen) atoms. The maximum Gasteiger partial charge on any atom is 0.423 e. The quantitative estimate of drug-likeness (QED) is 0.403. The van der Waals surface area contributed by atoms with E-state index in [1.165, 1.54) is 0 Å². The number of hydrazine groups is 1. The summed E-state index contributed by atoms with van der Waals surface area (Å²) in [5, 5.41) is 14.7. The van der Waals surface area contributed by atoms with Gasteiger partial charge in [0.2, 0.25) is 0 Å². The number of ether oxygens (including phenoxy) is 1. The first kappa shape index (κ1) is 24.7. The molecule has 2 fully saturated rings. The van der Waals surface area contributed by atoms with Crippen molar-refractivity contribution in [3.8, 4) is 0 Å². The normalized spacial score (nSPS) is 18.3. The molecule has 1 aliphatic carbocycles. The largest absolute Gasteiger partial charge is 0.464 e.